The standard InChI is InChI=1S/2C2H6N2.H2O4S/c2*1-2(3)4;1-5(2,3)4/h2*1H3,(H3,3,4);(H2,1,2,3,4). The van der Waals surface area contributed by atoms with Gasteiger partial charge in [-0.15, -0.1) is 0 Å². The average Bonchev–Trinajstić information content (AvgIpc) is 1.50. The van der Waals surface area contributed by atoms with Crippen LogP contribution in [0.4, 0.5) is 0 Å². The Kier molecular flexibility index (Phi) is 12.2. The first-order valence-electron chi connectivity index (χ1n) is 2.82. The molecule has 0 saturated carbocycles. The lowest BCUT2D eigenvalue weighted by molar-refractivity contribution is -0.116. The quantitative estimate of drug-likeness (QED) is 0.135. The Morgan fingerprint density at radius 1 is 1.08 bits per heavy atom. The highest BCUT2D eigenvalue weighted by atomic mass is 32.3. The molecule has 0 bridgehead atoms. The van der Waals surface area contributed by atoms with Crippen LogP contribution in [-0.4, -0.2) is 29.2 Å². The highest BCUT2D eigenvalue weighted by Crippen LogP contribution is 1.57. The van der Waals surface area contributed by atoms with Crippen LogP contribution in [0.5, 0.6) is 0 Å². The maximum absolute atomic E-state index is 8.52. The summed E-state index contributed by atoms with van der Waals surface area (Å²) in [6.07, 6.45) is 0. The first-order chi connectivity index (χ1) is 5.46. The van der Waals surface area contributed by atoms with Gasteiger partial charge in [0.15, 0.2) is 0 Å². The minimum absolute atomic E-state index is 0.417. The third kappa shape index (κ3) is 592. The van der Waals surface area contributed by atoms with Gasteiger partial charge in [-0.1, -0.05) is 0 Å². The summed E-state index contributed by atoms with van der Waals surface area (Å²) in [4.78, 5) is 0. The normalized spacial score (nSPS) is 8.31. The van der Waals surface area contributed by atoms with Crippen LogP contribution in [0.2, 0.25) is 0 Å². The van der Waals surface area contributed by atoms with Crippen LogP contribution in [0.15, 0.2) is 0 Å². The number of rotatable bonds is 0. The molecule has 0 fully saturated rings. The molecular weight excluding hydrogens is 200 g/mol. The molecule has 0 aromatic carbocycles. The Morgan fingerprint density at radius 2 is 1.08 bits per heavy atom. The Labute approximate surface area is 76.5 Å². The Balaban J connectivity index is -0.000000117. The highest BCUT2D eigenvalue weighted by Gasteiger charge is 1.64. The van der Waals surface area contributed by atoms with E-state index >= 15 is 0 Å². The van der Waals surface area contributed by atoms with Crippen LogP contribution in [-0.2, 0) is 10.4 Å². The van der Waals surface area contributed by atoms with Crippen LogP contribution in [0.3, 0.4) is 0 Å². The molecule has 13 heavy (non-hydrogen) atoms. The van der Waals surface area contributed by atoms with Crippen molar-refractivity contribution in [1.82, 2.24) is 0 Å². The summed E-state index contributed by atoms with van der Waals surface area (Å²) in [6, 6.07) is 0. The fraction of sp³-hybridized carbons (Fsp3) is 0.500. The summed E-state index contributed by atoms with van der Waals surface area (Å²) in [5.74, 6) is 0.833. The van der Waals surface area contributed by atoms with E-state index in [4.69, 9.17) is 39.8 Å². The molecule has 0 spiro atoms. The summed E-state index contributed by atoms with van der Waals surface area (Å²) in [6.45, 7) is 3.28. The summed E-state index contributed by atoms with van der Waals surface area (Å²) >= 11 is 0. The van der Waals surface area contributed by atoms with Gasteiger partial charge in [0.1, 0.15) is 0 Å². The lowest BCUT2D eigenvalue weighted by Crippen LogP contribution is -2.43. The van der Waals surface area contributed by atoms with Crippen molar-refractivity contribution < 1.29 is 28.3 Å². The van der Waals surface area contributed by atoms with Crippen molar-refractivity contribution >= 4 is 22.1 Å². The largest absolute Gasteiger partial charge is 0.759 e. The van der Waals surface area contributed by atoms with Crippen molar-refractivity contribution in [3.05, 3.63) is 0 Å². The highest BCUT2D eigenvalue weighted by molar-refractivity contribution is 7.79. The van der Waals surface area contributed by atoms with Crippen molar-refractivity contribution in [3.8, 4) is 0 Å². The zero-order chi connectivity index (χ0) is 11.7. The van der Waals surface area contributed by atoms with Gasteiger partial charge < -0.3 is 9.11 Å². The number of hydrogen-bond acceptors (Lipinski definition) is 4. The van der Waals surface area contributed by atoms with Crippen LogP contribution < -0.4 is 22.3 Å². The van der Waals surface area contributed by atoms with Gasteiger partial charge in [0, 0.05) is 24.2 Å². The van der Waals surface area contributed by atoms with Crippen LogP contribution in [0, 0.1) is 0 Å². The van der Waals surface area contributed by atoms with E-state index in [0.717, 1.165) is 0 Å². The SMILES string of the molecule is CC(N)=[NH2+].CC(N)=[NH2+].O=S(=O)([O-])[O-]. The summed E-state index contributed by atoms with van der Waals surface area (Å²) in [7, 11) is -5.17. The molecule has 0 unspecified atom stereocenters. The number of amidine groups is 2. The zero-order valence-corrected chi connectivity index (χ0v) is 8.17. The van der Waals surface area contributed by atoms with Gasteiger partial charge >= 0.3 is 0 Å². The molecule has 0 aliphatic carbocycles. The van der Waals surface area contributed by atoms with Crippen LogP contribution in [0.25, 0.3) is 0 Å². The molecule has 0 heterocycles. The van der Waals surface area contributed by atoms with Crippen molar-refractivity contribution in [1.29, 1.82) is 0 Å². The second-order valence-electron chi connectivity index (χ2n) is 1.90. The van der Waals surface area contributed by atoms with E-state index in [9.17, 15) is 0 Å². The molecule has 0 atom stereocenters. The molecule has 0 radical (unpaired) electrons. The van der Waals surface area contributed by atoms with E-state index in [1.54, 1.807) is 13.8 Å². The molecule has 0 aromatic heterocycles. The third-order valence-electron chi connectivity index (χ3n) is 0. The van der Waals surface area contributed by atoms with Gasteiger partial charge in [-0.2, -0.15) is 0 Å². The number of hydrogen-bond donors (Lipinski definition) is 4. The summed E-state index contributed by atoms with van der Waals surface area (Å²) in [5, 5.41) is 9.61. The van der Waals surface area contributed by atoms with Crippen LogP contribution in [0.1, 0.15) is 13.8 Å². The maximum atomic E-state index is 8.52. The third-order valence-corrected chi connectivity index (χ3v) is 0. The predicted molar refractivity (Wildman–Crippen MR) is 44.1 cm³/mol. The van der Waals surface area contributed by atoms with E-state index in [-0.39, 0.29) is 0 Å². The lowest BCUT2D eigenvalue weighted by Gasteiger charge is -2.06. The Hall–Kier alpha value is -1.19. The second kappa shape index (κ2) is 8.90. The summed E-state index contributed by atoms with van der Waals surface area (Å²) < 4.78 is 34.1. The van der Waals surface area contributed by atoms with Gasteiger partial charge in [-0.3, -0.25) is 30.7 Å². The molecule has 0 saturated heterocycles. The van der Waals surface area contributed by atoms with Gasteiger partial charge in [-0.25, -0.2) is 0 Å². The number of nitrogens with two attached hydrogens (primary N) is 4. The predicted octanol–water partition coefficient (Wildman–Crippen LogP) is -5.09. The van der Waals surface area contributed by atoms with E-state index in [2.05, 4.69) is 0 Å². The first kappa shape index (κ1) is 17.8. The molecule has 8 nitrogen and oxygen atoms in total. The maximum Gasteiger partial charge on any atom is 0.235 e. The molecule has 80 valence electrons. The fourth-order valence-electron chi connectivity index (χ4n) is 0. The molecule has 8 N–H and O–H groups in total. The monoisotopic (exact) mass is 214 g/mol. The lowest BCUT2D eigenvalue weighted by atomic mass is 10.8. The van der Waals surface area contributed by atoms with E-state index < -0.39 is 10.4 Å². The fourth-order valence-corrected chi connectivity index (χ4v) is 0. The Bertz CT molecular complexity index is 219. The smallest absolute Gasteiger partial charge is 0.235 e. The molecule has 0 amide bonds. The molecule has 0 aliphatic rings. The van der Waals surface area contributed by atoms with E-state index in [1.165, 1.54) is 0 Å². The average molecular weight is 214 g/mol. The van der Waals surface area contributed by atoms with Crippen molar-refractivity contribution in [3.63, 3.8) is 0 Å². The molecular formula is C4H14N4O4S. The molecule has 0 aromatic rings. The van der Waals surface area contributed by atoms with E-state index in [1.807, 2.05) is 0 Å². The van der Waals surface area contributed by atoms with Crippen LogP contribution >= 0.6 is 0 Å². The molecule has 0 rings (SSSR count). The minimum atomic E-state index is -5.17. The first-order valence-corrected chi connectivity index (χ1v) is 4.15. The molecule has 9 heteroatoms. The van der Waals surface area contributed by atoms with Gasteiger partial charge in [-0.05, 0) is 0 Å². The topological polar surface area (TPSA) is 183 Å². The van der Waals surface area contributed by atoms with Crippen molar-refractivity contribution in [2.45, 2.75) is 13.8 Å². The van der Waals surface area contributed by atoms with Gasteiger partial charge in [0.25, 0.3) is 0 Å². The summed E-state index contributed by atoms with van der Waals surface area (Å²) in [5.41, 5.74) is 9.61. The van der Waals surface area contributed by atoms with Crippen molar-refractivity contribution in [2.24, 2.45) is 11.5 Å². The Morgan fingerprint density at radius 3 is 1.08 bits per heavy atom. The minimum Gasteiger partial charge on any atom is -0.759 e. The zero-order valence-electron chi connectivity index (χ0n) is 7.35. The van der Waals surface area contributed by atoms with Gasteiger partial charge in [0.2, 0.25) is 11.7 Å². The van der Waals surface area contributed by atoms with E-state index in [0.29, 0.717) is 11.7 Å². The second-order valence-corrected chi connectivity index (χ2v) is 2.71. The van der Waals surface area contributed by atoms with Crippen molar-refractivity contribution in [2.75, 3.05) is 0 Å². The molecule has 0 aliphatic heterocycles. The van der Waals surface area contributed by atoms with Gasteiger partial charge in [0.05, 0.1) is 0 Å².